The number of thioether (sulfide) groups is 1. The molecule has 1 aromatic carbocycles. The van der Waals surface area contributed by atoms with Gasteiger partial charge >= 0.3 is 0 Å². The van der Waals surface area contributed by atoms with Crippen LogP contribution in [-0.2, 0) is 9.59 Å². The summed E-state index contributed by atoms with van der Waals surface area (Å²) in [6, 6.07) is 6.38. The molecule has 1 aliphatic heterocycles. The van der Waals surface area contributed by atoms with Gasteiger partial charge in [0.05, 0.1) is 5.75 Å². The van der Waals surface area contributed by atoms with Gasteiger partial charge in [0.2, 0.25) is 11.8 Å². The highest BCUT2D eigenvalue weighted by Gasteiger charge is 2.33. The summed E-state index contributed by atoms with van der Waals surface area (Å²) in [6.07, 6.45) is 0.518. The van der Waals surface area contributed by atoms with Gasteiger partial charge in [-0.2, -0.15) is 0 Å². The van der Waals surface area contributed by atoms with Crippen molar-refractivity contribution in [1.29, 1.82) is 0 Å². The van der Waals surface area contributed by atoms with E-state index in [1.165, 1.54) is 23.9 Å². The van der Waals surface area contributed by atoms with E-state index < -0.39 is 0 Å². The van der Waals surface area contributed by atoms with Gasteiger partial charge in [0.25, 0.3) is 0 Å². The molecular weight excluding hydrogens is 327 g/mol. The average Bonchev–Trinajstić information content (AvgIpc) is 2.88. The topological polar surface area (TPSA) is 40.6 Å². The van der Waals surface area contributed by atoms with Crippen LogP contribution in [0.25, 0.3) is 0 Å². The number of likely N-dealkylation sites (N-methyl/N-ethyl adjacent to an activating group) is 1. The molecule has 0 saturated carbocycles. The van der Waals surface area contributed by atoms with Crippen LogP contribution in [0, 0.1) is 11.7 Å². The molecule has 0 aliphatic carbocycles. The number of carbonyl (C=O) groups excluding carboxylic acids is 2. The molecule has 24 heavy (non-hydrogen) atoms. The molecular formula is C18H25FN2O2S. The molecule has 0 bridgehead atoms. The van der Waals surface area contributed by atoms with Crippen LogP contribution < -0.4 is 0 Å². The molecule has 2 rings (SSSR count). The van der Waals surface area contributed by atoms with E-state index in [4.69, 9.17) is 0 Å². The lowest BCUT2D eigenvalue weighted by Gasteiger charge is -2.28. The van der Waals surface area contributed by atoms with Gasteiger partial charge in [0, 0.05) is 26.1 Å². The van der Waals surface area contributed by atoms with E-state index >= 15 is 0 Å². The van der Waals surface area contributed by atoms with E-state index in [-0.39, 0.29) is 23.0 Å². The quantitative estimate of drug-likeness (QED) is 0.756. The van der Waals surface area contributed by atoms with Gasteiger partial charge in [-0.15, -0.1) is 11.8 Å². The smallest absolute Gasteiger partial charge is 0.233 e. The first-order chi connectivity index (χ1) is 11.4. The lowest BCUT2D eigenvalue weighted by molar-refractivity contribution is -0.134. The van der Waals surface area contributed by atoms with Gasteiger partial charge < -0.3 is 9.80 Å². The molecule has 1 aromatic rings. The van der Waals surface area contributed by atoms with Crippen LogP contribution in [0.2, 0.25) is 0 Å². The van der Waals surface area contributed by atoms with Crippen molar-refractivity contribution in [2.75, 3.05) is 25.4 Å². The lowest BCUT2D eigenvalue weighted by Crippen LogP contribution is -2.40. The molecule has 1 atom stereocenters. The zero-order valence-corrected chi connectivity index (χ0v) is 15.3. The van der Waals surface area contributed by atoms with Crippen LogP contribution in [0.15, 0.2) is 24.3 Å². The van der Waals surface area contributed by atoms with Gasteiger partial charge in [0.15, 0.2) is 0 Å². The Morgan fingerprint density at radius 1 is 1.46 bits per heavy atom. The number of carbonyl (C=O) groups is 2. The second-order valence-corrected chi connectivity index (χ2v) is 7.45. The zero-order valence-electron chi connectivity index (χ0n) is 14.5. The third kappa shape index (κ3) is 4.72. The largest absolute Gasteiger partial charge is 0.341 e. The zero-order chi connectivity index (χ0) is 17.7. The maximum atomic E-state index is 13.5. The maximum Gasteiger partial charge on any atom is 0.233 e. The molecule has 0 N–H and O–H groups in total. The highest BCUT2D eigenvalue weighted by Crippen LogP contribution is 2.38. The highest BCUT2D eigenvalue weighted by molar-refractivity contribution is 8.00. The summed E-state index contributed by atoms with van der Waals surface area (Å²) in [6.45, 7) is 7.61. The van der Waals surface area contributed by atoms with Gasteiger partial charge in [-0.3, -0.25) is 9.59 Å². The monoisotopic (exact) mass is 352 g/mol. The maximum absolute atomic E-state index is 13.5. The van der Waals surface area contributed by atoms with Crippen molar-refractivity contribution in [2.24, 2.45) is 5.92 Å². The summed E-state index contributed by atoms with van der Waals surface area (Å²) in [7, 11) is 0. The predicted molar refractivity (Wildman–Crippen MR) is 95.0 cm³/mol. The Bertz CT molecular complexity index is 594. The highest BCUT2D eigenvalue weighted by atomic mass is 32.2. The molecule has 1 saturated heterocycles. The Kier molecular flexibility index (Phi) is 6.66. The van der Waals surface area contributed by atoms with E-state index in [9.17, 15) is 14.0 Å². The summed E-state index contributed by atoms with van der Waals surface area (Å²) >= 11 is 1.50. The van der Waals surface area contributed by atoms with Gasteiger partial charge in [-0.1, -0.05) is 26.0 Å². The molecule has 4 nitrogen and oxygen atoms in total. The van der Waals surface area contributed by atoms with Crippen LogP contribution in [0.4, 0.5) is 4.39 Å². The third-order valence-electron chi connectivity index (χ3n) is 4.03. The molecule has 1 heterocycles. The minimum Gasteiger partial charge on any atom is -0.341 e. The molecule has 1 aliphatic rings. The van der Waals surface area contributed by atoms with Crippen LogP contribution >= 0.6 is 11.8 Å². The molecule has 0 radical (unpaired) electrons. The Morgan fingerprint density at radius 2 is 2.21 bits per heavy atom. The number of rotatable bonds is 7. The van der Waals surface area contributed by atoms with E-state index in [0.29, 0.717) is 37.7 Å². The number of nitrogens with zero attached hydrogens (tertiary/aromatic N) is 2. The number of halogens is 1. The van der Waals surface area contributed by atoms with Crippen LogP contribution in [0.5, 0.6) is 0 Å². The average molecular weight is 352 g/mol. The molecule has 132 valence electrons. The number of amides is 2. The Balaban J connectivity index is 2.03. The fourth-order valence-corrected chi connectivity index (χ4v) is 4.01. The molecule has 6 heteroatoms. The van der Waals surface area contributed by atoms with Crippen LogP contribution in [0.1, 0.15) is 38.1 Å². The van der Waals surface area contributed by atoms with Crippen molar-refractivity contribution in [1.82, 2.24) is 9.80 Å². The van der Waals surface area contributed by atoms with Crippen molar-refractivity contribution in [3.8, 4) is 0 Å². The first-order valence-corrected chi connectivity index (χ1v) is 9.41. The molecule has 0 unspecified atom stereocenters. The Hall–Kier alpha value is -1.56. The van der Waals surface area contributed by atoms with Crippen molar-refractivity contribution in [3.63, 3.8) is 0 Å². The Labute approximate surface area is 147 Å². The first kappa shape index (κ1) is 18.8. The first-order valence-electron chi connectivity index (χ1n) is 8.36. The summed E-state index contributed by atoms with van der Waals surface area (Å²) in [4.78, 5) is 28.0. The predicted octanol–water partition coefficient (Wildman–Crippen LogP) is 3.29. The molecule has 0 aromatic heterocycles. The summed E-state index contributed by atoms with van der Waals surface area (Å²) in [5, 5.41) is -0.174. The number of hydrogen-bond donors (Lipinski definition) is 0. The van der Waals surface area contributed by atoms with Crippen molar-refractivity contribution >= 4 is 23.6 Å². The van der Waals surface area contributed by atoms with Crippen molar-refractivity contribution in [3.05, 3.63) is 35.6 Å². The van der Waals surface area contributed by atoms with Crippen LogP contribution in [-0.4, -0.2) is 47.0 Å². The second-order valence-electron chi connectivity index (χ2n) is 6.38. The van der Waals surface area contributed by atoms with E-state index in [1.54, 1.807) is 15.9 Å². The van der Waals surface area contributed by atoms with E-state index in [0.717, 1.165) is 5.56 Å². The number of benzene rings is 1. The minimum atomic E-state index is -0.297. The van der Waals surface area contributed by atoms with Crippen molar-refractivity contribution in [2.45, 2.75) is 32.6 Å². The third-order valence-corrected chi connectivity index (χ3v) is 5.29. The molecule has 0 spiro atoms. The summed E-state index contributed by atoms with van der Waals surface area (Å²) in [5.41, 5.74) is 0.794. The van der Waals surface area contributed by atoms with Gasteiger partial charge in [-0.25, -0.2) is 4.39 Å². The van der Waals surface area contributed by atoms with E-state index in [2.05, 4.69) is 0 Å². The Morgan fingerprint density at radius 3 is 2.83 bits per heavy atom. The van der Waals surface area contributed by atoms with Gasteiger partial charge in [0.1, 0.15) is 11.2 Å². The van der Waals surface area contributed by atoms with Crippen LogP contribution in [0.3, 0.4) is 0 Å². The van der Waals surface area contributed by atoms with Crippen molar-refractivity contribution < 1.29 is 14.0 Å². The van der Waals surface area contributed by atoms with E-state index in [1.807, 2.05) is 26.8 Å². The molecule has 1 fully saturated rings. The SMILES string of the molecule is CCN(CCN1C(=O)CS[C@H]1c1cccc(F)c1)C(=O)CC(C)C. The normalized spacial score (nSPS) is 17.6. The fourth-order valence-electron chi connectivity index (χ4n) is 2.80. The summed E-state index contributed by atoms with van der Waals surface area (Å²) in [5.74, 6) is 0.578. The summed E-state index contributed by atoms with van der Waals surface area (Å²) < 4.78 is 13.5. The van der Waals surface area contributed by atoms with Gasteiger partial charge in [-0.05, 0) is 30.5 Å². The molecule has 2 amide bonds. The number of hydrogen-bond acceptors (Lipinski definition) is 3. The minimum absolute atomic E-state index is 0.0432. The standard InChI is InChI=1S/C18H25FN2O2S/c1-4-20(16(22)10-13(2)3)8-9-21-17(23)12-24-18(21)14-6-5-7-15(19)11-14/h5-7,11,13,18H,4,8-10,12H2,1-3H3/t18-/m0/s1. The fraction of sp³-hybridized carbons (Fsp3) is 0.556. The second kappa shape index (κ2) is 8.51. The lowest BCUT2D eigenvalue weighted by atomic mass is 10.1.